The number of hydrogen-bond acceptors (Lipinski definition) is 4. The fraction of sp³-hybridized carbons (Fsp3) is 0.444. The number of rotatable bonds is 4. The predicted molar refractivity (Wildman–Crippen MR) is 61.5 cm³/mol. The highest BCUT2D eigenvalue weighted by atomic mass is 79.9. The molecule has 6 heteroatoms. The average Bonchev–Trinajstić information content (AvgIpc) is 2.20. The molecule has 0 radical (unpaired) electrons. The maximum absolute atomic E-state index is 11.3. The second-order valence-corrected chi connectivity index (χ2v) is 4.04. The van der Waals surface area contributed by atoms with E-state index in [1.54, 1.807) is 25.2 Å². The van der Waals surface area contributed by atoms with Gasteiger partial charge in [0.25, 0.3) is 0 Å². The van der Waals surface area contributed by atoms with Crippen molar-refractivity contribution in [3.63, 3.8) is 0 Å². The van der Waals surface area contributed by atoms with E-state index in [9.17, 15) is 4.79 Å². The number of hydrogen-bond donors (Lipinski definition) is 1. The van der Waals surface area contributed by atoms with Gasteiger partial charge in [0.05, 0.1) is 4.47 Å². The van der Waals surface area contributed by atoms with Crippen LogP contribution in [0.25, 0.3) is 0 Å². The first-order chi connectivity index (χ1) is 7.11. The number of anilines is 1. The van der Waals surface area contributed by atoms with Crippen molar-refractivity contribution < 1.29 is 4.79 Å². The molecule has 0 bridgehead atoms. The molecule has 15 heavy (non-hydrogen) atoms. The Morgan fingerprint density at radius 3 is 2.93 bits per heavy atom. The maximum Gasteiger partial charge on any atom is 0.223 e. The molecule has 1 aromatic rings. The molecule has 0 unspecified atom stereocenters. The highest BCUT2D eigenvalue weighted by molar-refractivity contribution is 9.10. The number of nitrogens with zero attached hydrogens (tertiary/aromatic N) is 3. The number of amides is 1. The van der Waals surface area contributed by atoms with Crippen LogP contribution in [-0.4, -0.2) is 41.4 Å². The molecule has 1 N–H and O–H groups in total. The Bertz CT molecular complexity index is 343. The van der Waals surface area contributed by atoms with Crippen molar-refractivity contribution in [2.45, 2.75) is 6.42 Å². The molecule has 5 nitrogen and oxygen atoms in total. The van der Waals surface area contributed by atoms with Crippen LogP contribution in [0.15, 0.2) is 17.0 Å². The van der Waals surface area contributed by atoms with E-state index < -0.39 is 0 Å². The highest BCUT2D eigenvalue weighted by Crippen LogP contribution is 2.16. The zero-order valence-electron chi connectivity index (χ0n) is 8.70. The zero-order valence-corrected chi connectivity index (χ0v) is 10.3. The third-order valence-corrected chi connectivity index (χ3v) is 2.38. The zero-order chi connectivity index (χ0) is 11.3. The topological polar surface area (TPSA) is 58.1 Å². The SMILES string of the molecule is CN(C)C(=O)CCNc1ncncc1Br. The van der Waals surface area contributed by atoms with Crippen LogP contribution in [0.2, 0.25) is 0 Å². The first-order valence-electron chi connectivity index (χ1n) is 4.51. The minimum atomic E-state index is 0.0904. The summed E-state index contributed by atoms with van der Waals surface area (Å²) in [7, 11) is 3.48. The van der Waals surface area contributed by atoms with Crippen molar-refractivity contribution in [2.24, 2.45) is 0 Å². The lowest BCUT2D eigenvalue weighted by Gasteiger charge is -2.11. The van der Waals surface area contributed by atoms with Crippen molar-refractivity contribution in [1.82, 2.24) is 14.9 Å². The Balaban J connectivity index is 2.38. The van der Waals surface area contributed by atoms with E-state index in [1.165, 1.54) is 6.33 Å². The van der Waals surface area contributed by atoms with Crippen LogP contribution in [0.1, 0.15) is 6.42 Å². The van der Waals surface area contributed by atoms with Gasteiger partial charge < -0.3 is 10.2 Å². The standard InChI is InChI=1S/C9H13BrN4O/c1-14(2)8(15)3-4-12-9-7(10)5-11-6-13-9/h5-6H,3-4H2,1-2H3,(H,11,12,13). The number of aromatic nitrogens is 2. The van der Waals surface area contributed by atoms with E-state index in [0.29, 0.717) is 18.8 Å². The number of nitrogens with one attached hydrogen (secondary N) is 1. The van der Waals surface area contributed by atoms with E-state index in [2.05, 4.69) is 31.2 Å². The molecule has 0 saturated carbocycles. The van der Waals surface area contributed by atoms with E-state index in [4.69, 9.17) is 0 Å². The summed E-state index contributed by atoms with van der Waals surface area (Å²) in [6.45, 7) is 0.562. The van der Waals surface area contributed by atoms with Gasteiger partial charge in [-0.05, 0) is 15.9 Å². The van der Waals surface area contributed by atoms with Crippen molar-refractivity contribution in [2.75, 3.05) is 26.0 Å². The van der Waals surface area contributed by atoms with Gasteiger partial charge in [0, 0.05) is 33.3 Å². The van der Waals surface area contributed by atoms with Crippen LogP contribution < -0.4 is 5.32 Å². The van der Waals surface area contributed by atoms with Crippen molar-refractivity contribution in [3.8, 4) is 0 Å². The minimum absolute atomic E-state index is 0.0904. The number of carbonyl (C=O) groups excluding carboxylic acids is 1. The summed E-state index contributed by atoms with van der Waals surface area (Å²) in [6.07, 6.45) is 3.56. The van der Waals surface area contributed by atoms with Crippen LogP contribution in [0.3, 0.4) is 0 Å². The summed E-state index contributed by atoms with van der Waals surface area (Å²) in [6, 6.07) is 0. The molecule has 0 atom stereocenters. The van der Waals surface area contributed by atoms with Gasteiger partial charge in [0.2, 0.25) is 5.91 Å². The second-order valence-electron chi connectivity index (χ2n) is 3.18. The van der Waals surface area contributed by atoms with Gasteiger partial charge in [-0.15, -0.1) is 0 Å². The van der Waals surface area contributed by atoms with Gasteiger partial charge in [-0.1, -0.05) is 0 Å². The first-order valence-corrected chi connectivity index (χ1v) is 5.30. The van der Waals surface area contributed by atoms with Gasteiger partial charge in [0.1, 0.15) is 12.1 Å². The predicted octanol–water partition coefficient (Wildman–Crippen LogP) is 1.13. The van der Waals surface area contributed by atoms with E-state index in [-0.39, 0.29) is 5.91 Å². The summed E-state index contributed by atoms with van der Waals surface area (Å²) in [5.74, 6) is 0.796. The lowest BCUT2D eigenvalue weighted by atomic mass is 10.4. The van der Waals surface area contributed by atoms with E-state index in [0.717, 1.165) is 4.47 Å². The largest absolute Gasteiger partial charge is 0.369 e. The van der Waals surface area contributed by atoms with Gasteiger partial charge in [-0.25, -0.2) is 9.97 Å². The second kappa shape index (κ2) is 5.65. The lowest BCUT2D eigenvalue weighted by Crippen LogP contribution is -2.24. The summed E-state index contributed by atoms with van der Waals surface area (Å²) < 4.78 is 0.794. The normalized spacial score (nSPS) is 9.80. The summed E-state index contributed by atoms with van der Waals surface area (Å²) in [4.78, 5) is 20.7. The molecule has 0 aliphatic heterocycles. The molecule has 1 amide bonds. The average molecular weight is 273 g/mol. The van der Waals surface area contributed by atoms with Crippen LogP contribution in [0.4, 0.5) is 5.82 Å². The number of halogens is 1. The number of carbonyl (C=O) groups is 1. The van der Waals surface area contributed by atoms with Crippen LogP contribution in [0.5, 0.6) is 0 Å². The Hall–Kier alpha value is -1.17. The van der Waals surface area contributed by atoms with Crippen molar-refractivity contribution in [1.29, 1.82) is 0 Å². The molecule has 1 heterocycles. The molecular formula is C9H13BrN4O. The molecule has 0 aliphatic carbocycles. The van der Waals surface area contributed by atoms with Gasteiger partial charge in [-0.2, -0.15) is 0 Å². The Morgan fingerprint density at radius 1 is 1.60 bits per heavy atom. The molecule has 0 spiro atoms. The summed E-state index contributed by atoms with van der Waals surface area (Å²) in [5, 5.41) is 3.05. The molecule has 1 rings (SSSR count). The molecule has 1 aromatic heterocycles. The van der Waals surface area contributed by atoms with Gasteiger partial charge in [-0.3, -0.25) is 4.79 Å². The Morgan fingerprint density at radius 2 is 2.33 bits per heavy atom. The highest BCUT2D eigenvalue weighted by Gasteiger charge is 2.04. The molecule has 82 valence electrons. The summed E-state index contributed by atoms with van der Waals surface area (Å²) >= 11 is 3.31. The quantitative estimate of drug-likeness (QED) is 0.893. The van der Waals surface area contributed by atoms with Gasteiger partial charge >= 0.3 is 0 Å². The van der Waals surface area contributed by atoms with Crippen molar-refractivity contribution in [3.05, 3.63) is 17.0 Å². The Labute approximate surface area is 97.0 Å². The first kappa shape index (κ1) is 11.9. The fourth-order valence-corrected chi connectivity index (χ4v) is 1.31. The van der Waals surface area contributed by atoms with Crippen LogP contribution in [0, 0.1) is 0 Å². The van der Waals surface area contributed by atoms with Gasteiger partial charge in [0.15, 0.2) is 0 Å². The molecule has 0 saturated heterocycles. The molecule has 0 fully saturated rings. The smallest absolute Gasteiger partial charge is 0.223 e. The van der Waals surface area contributed by atoms with E-state index in [1.807, 2.05) is 0 Å². The molecule has 0 aromatic carbocycles. The van der Waals surface area contributed by atoms with Crippen LogP contribution in [-0.2, 0) is 4.79 Å². The monoisotopic (exact) mass is 272 g/mol. The summed E-state index contributed by atoms with van der Waals surface area (Å²) in [5.41, 5.74) is 0. The van der Waals surface area contributed by atoms with Crippen LogP contribution >= 0.6 is 15.9 Å². The molecular weight excluding hydrogens is 260 g/mol. The fourth-order valence-electron chi connectivity index (χ4n) is 0.954. The maximum atomic E-state index is 11.3. The minimum Gasteiger partial charge on any atom is -0.369 e. The van der Waals surface area contributed by atoms with Crippen molar-refractivity contribution >= 4 is 27.7 Å². The molecule has 0 aliphatic rings. The third kappa shape index (κ3) is 3.83. The van der Waals surface area contributed by atoms with E-state index >= 15 is 0 Å². The lowest BCUT2D eigenvalue weighted by molar-refractivity contribution is -0.128. The Kier molecular flexibility index (Phi) is 4.48. The third-order valence-electron chi connectivity index (χ3n) is 1.80.